The van der Waals surface area contributed by atoms with Gasteiger partial charge in [0.1, 0.15) is 6.04 Å². The van der Waals surface area contributed by atoms with Crippen LogP contribution in [0.15, 0.2) is 35.0 Å². The van der Waals surface area contributed by atoms with Crippen LogP contribution in [0.2, 0.25) is 0 Å². The number of unbranched alkanes of at least 4 members (excludes halogenated alkanes) is 6. The molecule has 0 saturated carbocycles. The van der Waals surface area contributed by atoms with Crippen molar-refractivity contribution in [2.24, 2.45) is 5.73 Å². The molecular formula is C24H34N6O. The molecule has 0 bridgehead atoms. The normalized spacial score (nSPS) is 16.4. The van der Waals surface area contributed by atoms with Crippen LogP contribution in [0.5, 0.6) is 0 Å². The van der Waals surface area contributed by atoms with Gasteiger partial charge in [-0.05, 0) is 31.4 Å². The molecule has 0 spiro atoms. The van der Waals surface area contributed by atoms with E-state index in [1.807, 2.05) is 11.0 Å². The first kappa shape index (κ1) is 21.4. The van der Waals surface area contributed by atoms with Crippen LogP contribution in [0, 0.1) is 5.41 Å². The van der Waals surface area contributed by atoms with Gasteiger partial charge in [0.2, 0.25) is 11.7 Å². The Balaban J connectivity index is 1.45. The van der Waals surface area contributed by atoms with Crippen molar-refractivity contribution in [2.45, 2.75) is 77.3 Å². The minimum absolute atomic E-state index is 0.0618. The van der Waals surface area contributed by atoms with Gasteiger partial charge >= 0.3 is 0 Å². The van der Waals surface area contributed by atoms with E-state index in [9.17, 15) is 0 Å². The molecule has 2 aromatic heterocycles. The first-order chi connectivity index (χ1) is 15.2. The highest BCUT2D eigenvalue weighted by Gasteiger charge is 2.31. The van der Waals surface area contributed by atoms with Gasteiger partial charge in [-0.25, -0.2) is 0 Å². The maximum atomic E-state index is 7.78. The molecule has 1 aliphatic rings. The SMILES string of the molecule is CCCCCCCCCn1ccc2c(-c3noc(C4CCCN4C(=N)N)n3)cccc21. The molecule has 3 N–H and O–H groups in total. The molecule has 1 aromatic carbocycles. The molecule has 3 aromatic rings. The van der Waals surface area contributed by atoms with Crippen LogP contribution < -0.4 is 5.73 Å². The monoisotopic (exact) mass is 422 g/mol. The highest BCUT2D eigenvalue weighted by atomic mass is 16.5. The summed E-state index contributed by atoms with van der Waals surface area (Å²) in [6.45, 7) is 4.05. The fourth-order valence-electron chi connectivity index (χ4n) is 4.64. The molecule has 0 amide bonds. The van der Waals surface area contributed by atoms with Gasteiger partial charge in [-0.2, -0.15) is 4.98 Å². The number of nitrogens with two attached hydrogens (primary N) is 1. The first-order valence-electron chi connectivity index (χ1n) is 11.7. The van der Waals surface area contributed by atoms with Crippen molar-refractivity contribution >= 4 is 16.9 Å². The van der Waals surface area contributed by atoms with E-state index in [4.69, 9.17) is 15.7 Å². The number of benzene rings is 1. The molecule has 166 valence electrons. The maximum absolute atomic E-state index is 7.78. The van der Waals surface area contributed by atoms with E-state index < -0.39 is 0 Å². The van der Waals surface area contributed by atoms with Crippen LogP contribution >= 0.6 is 0 Å². The van der Waals surface area contributed by atoms with Gasteiger partial charge in [0.05, 0.1) is 0 Å². The summed E-state index contributed by atoms with van der Waals surface area (Å²) in [5, 5.41) is 13.2. The minimum atomic E-state index is -0.0973. The summed E-state index contributed by atoms with van der Waals surface area (Å²) in [7, 11) is 0. The summed E-state index contributed by atoms with van der Waals surface area (Å²) >= 11 is 0. The van der Waals surface area contributed by atoms with E-state index in [-0.39, 0.29) is 12.0 Å². The van der Waals surface area contributed by atoms with Gasteiger partial charge in [0.15, 0.2) is 5.96 Å². The second-order valence-electron chi connectivity index (χ2n) is 8.56. The Hall–Kier alpha value is -2.83. The summed E-state index contributed by atoms with van der Waals surface area (Å²) in [6, 6.07) is 8.33. The molecule has 1 fully saturated rings. The number of likely N-dealkylation sites (tertiary alicyclic amines) is 1. The molecule has 1 saturated heterocycles. The van der Waals surface area contributed by atoms with Crippen LogP contribution in [0.1, 0.15) is 76.6 Å². The number of aryl methyl sites for hydroxylation is 1. The van der Waals surface area contributed by atoms with Crippen molar-refractivity contribution in [3.05, 3.63) is 36.4 Å². The number of nitrogens with zero attached hydrogens (tertiary/aromatic N) is 4. The zero-order valence-corrected chi connectivity index (χ0v) is 18.5. The van der Waals surface area contributed by atoms with Crippen molar-refractivity contribution < 1.29 is 4.52 Å². The van der Waals surface area contributed by atoms with Crippen molar-refractivity contribution in [1.29, 1.82) is 5.41 Å². The van der Waals surface area contributed by atoms with Crippen molar-refractivity contribution in [3.63, 3.8) is 0 Å². The lowest BCUT2D eigenvalue weighted by atomic mass is 10.1. The van der Waals surface area contributed by atoms with Crippen LogP contribution in [0.4, 0.5) is 0 Å². The average Bonchev–Trinajstić information content (AvgIpc) is 3.51. The number of rotatable bonds is 10. The summed E-state index contributed by atoms with van der Waals surface area (Å²) in [4.78, 5) is 6.51. The Morgan fingerprint density at radius 2 is 1.97 bits per heavy atom. The number of guanidine groups is 1. The van der Waals surface area contributed by atoms with E-state index in [1.165, 1.54) is 50.5 Å². The quantitative estimate of drug-likeness (QED) is 0.256. The predicted molar refractivity (Wildman–Crippen MR) is 124 cm³/mol. The van der Waals surface area contributed by atoms with Crippen molar-refractivity contribution in [2.75, 3.05) is 6.54 Å². The molecule has 7 nitrogen and oxygen atoms in total. The van der Waals surface area contributed by atoms with Gasteiger partial charge in [-0.1, -0.05) is 62.7 Å². The first-order valence-corrected chi connectivity index (χ1v) is 11.7. The smallest absolute Gasteiger partial charge is 0.249 e. The number of fused-ring (bicyclic) bond motifs is 1. The molecule has 7 heteroatoms. The minimum Gasteiger partial charge on any atom is -0.370 e. The molecule has 4 rings (SSSR count). The molecule has 1 aliphatic heterocycles. The summed E-state index contributed by atoms with van der Waals surface area (Å²) in [6.07, 6.45) is 13.2. The Morgan fingerprint density at radius 1 is 1.16 bits per heavy atom. The Labute approximate surface area is 184 Å². The fourth-order valence-corrected chi connectivity index (χ4v) is 4.64. The van der Waals surface area contributed by atoms with E-state index in [2.05, 4.69) is 46.0 Å². The standard InChI is InChI=1S/C24H34N6O/c1-2-3-4-5-6-7-8-15-29-17-14-18-19(11-9-12-20(18)29)22-27-23(31-28-22)21-13-10-16-30(21)24(25)26/h9,11-12,14,17,21H,2-8,10,13,15-16H2,1H3,(H3,25,26). The third kappa shape index (κ3) is 4.75. The zero-order chi connectivity index (χ0) is 21.6. The van der Waals surface area contributed by atoms with Crippen LogP contribution in [-0.4, -0.2) is 32.1 Å². The second-order valence-corrected chi connectivity index (χ2v) is 8.56. The lowest BCUT2D eigenvalue weighted by Gasteiger charge is -2.21. The number of aromatic nitrogens is 3. The van der Waals surface area contributed by atoms with Crippen LogP contribution in [-0.2, 0) is 6.54 Å². The van der Waals surface area contributed by atoms with Gasteiger partial charge in [0.25, 0.3) is 0 Å². The lowest BCUT2D eigenvalue weighted by molar-refractivity contribution is 0.283. The zero-order valence-electron chi connectivity index (χ0n) is 18.5. The number of hydrogen-bond donors (Lipinski definition) is 2. The number of nitrogens with one attached hydrogen (secondary N) is 1. The van der Waals surface area contributed by atoms with Crippen LogP contribution in [0.25, 0.3) is 22.3 Å². The Morgan fingerprint density at radius 3 is 2.77 bits per heavy atom. The van der Waals surface area contributed by atoms with Crippen molar-refractivity contribution in [1.82, 2.24) is 19.6 Å². The third-order valence-electron chi connectivity index (χ3n) is 6.35. The lowest BCUT2D eigenvalue weighted by Crippen LogP contribution is -2.35. The van der Waals surface area contributed by atoms with E-state index >= 15 is 0 Å². The van der Waals surface area contributed by atoms with E-state index in [1.54, 1.807) is 0 Å². The summed E-state index contributed by atoms with van der Waals surface area (Å²) < 4.78 is 7.93. The van der Waals surface area contributed by atoms with Crippen LogP contribution in [0.3, 0.4) is 0 Å². The van der Waals surface area contributed by atoms with Gasteiger partial charge in [-0.15, -0.1) is 0 Å². The summed E-state index contributed by atoms with van der Waals surface area (Å²) in [5.41, 5.74) is 7.91. The molecule has 1 atom stereocenters. The van der Waals surface area contributed by atoms with Gasteiger partial charge in [-0.3, -0.25) is 5.41 Å². The Bertz CT molecular complexity index is 1010. The number of hydrogen-bond acceptors (Lipinski definition) is 4. The highest BCUT2D eigenvalue weighted by molar-refractivity contribution is 5.93. The molecule has 0 radical (unpaired) electrons. The van der Waals surface area contributed by atoms with Gasteiger partial charge in [0, 0.05) is 35.8 Å². The summed E-state index contributed by atoms with van der Waals surface area (Å²) in [5.74, 6) is 1.21. The molecule has 31 heavy (non-hydrogen) atoms. The molecule has 1 unspecified atom stereocenters. The maximum Gasteiger partial charge on any atom is 0.249 e. The van der Waals surface area contributed by atoms with E-state index in [0.717, 1.165) is 36.9 Å². The largest absolute Gasteiger partial charge is 0.370 e. The predicted octanol–water partition coefficient (Wildman–Crippen LogP) is 5.47. The molecule has 3 heterocycles. The topological polar surface area (TPSA) is 97.0 Å². The Kier molecular flexibility index (Phi) is 6.89. The van der Waals surface area contributed by atoms with Crippen molar-refractivity contribution in [3.8, 4) is 11.4 Å². The highest BCUT2D eigenvalue weighted by Crippen LogP contribution is 2.33. The molecular weight excluding hydrogens is 388 g/mol. The third-order valence-corrected chi connectivity index (χ3v) is 6.35. The van der Waals surface area contributed by atoms with Gasteiger partial charge < -0.3 is 19.7 Å². The fraction of sp³-hybridized carbons (Fsp3) is 0.542. The average molecular weight is 423 g/mol. The second kappa shape index (κ2) is 9.98. The molecule has 0 aliphatic carbocycles. The van der Waals surface area contributed by atoms with E-state index in [0.29, 0.717) is 11.7 Å².